The Hall–Kier alpha value is -2.62. The lowest BCUT2D eigenvalue weighted by atomic mass is 10.1. The van der Waals surface area contributed by atoms with E-state index in [1.807, 2.05) is 41.3 Å². The van der Waals surface area contributed by atoms with Crippen LogP contribution in [-0.2, 0) is 16.6 Å². The van der Waals surface area contributed by atoms with E-state index in [1.165, 1.54) is 10.6 Å². The van der Waals surface area contributed by atoms with Crippen molar-refractivity contribution in [2.24, 2.45) is 0 Å². The number of methoxy groups -OCH3 is 1. The number of carbonyl (C=O) groups is 1. The highest BCUT2D eigenvalue weighted by atomic mass is 32.2. The normalized spacial score (nSPS) is 18.4. The van der Waals surface area contributed by atoms with E-state index < -0.39 is 10.0 Å². The van der Waals surface area contributed by atoms with Gasteiger partial charge >= 0.3 is 0 Å². The minimum Gasteiger partial charge on any atom is -0.497 e. The Morgan fingerprint density at radius 2 is 1.58 bits per heavy atom. The Morgan fingerprint density at radius 3 is 2.18 bits per heavy atom. The van der Waals surface area contributed by atoms with Crippen molar-refractivity contribution in [2.45, 2.75) is 6.54 Å². The Morgan fingerprint density at radius 1 is 0.909 bits per heavy atom. The fourth-order valence-electron chi connectivity index (χ4n) is 4.42. The molecule has 0 spiro atoms. The van der Waals surface area contributed by atoms with Gasteiger partial charge in [-0.3, -0.25) is 9.69 Å². The molecule has 0 bridgehead atoms. The zero-order valence-corrected chi connectivity index (χ0v) is 20.1. The van der Waals surface area contributed by atoms with Crippen LogP contribution in [0.1, 0.15) is 15.9 Å². The molecule has 33 heavy (non-hydrogen) atoms. The zero-order valence-electron chi connectivity index (χ0n) is 19.3. The number of benzene rings is 2. The van der Waals surface area contributed by atoms with Crippen LogP contribution in [-0.4, -0.2) is 94.2 Å². The van der Waals surface area contributed by atoms with Gasteiger partial charge in [-0.05, 0) is 42.0 Å². The second-order valence-electron chi connectivity index (χ2n) is 8.62. The average Bonchev–Trinajstić information content (AvgIpc) is 2.84. The summed E-state index contributed by atoms with van der Waals surface area (Å²) in [4.78, 5) is 19.6. The van der Waals surface area contributed by atoms with Crippen LogP contribution in [0.2, 0.25) is 0 Å². The number of sulfonamides is 1. The third kappa shape index (κ3) is 5.85. The van der Waals surface area contributed by atoms with Crippen LogP contribution in [0, 0.1) is 0 Å². The Kier molecular flexibility index (Phi) is 7.21. The van der Waals surface area contributed by atoms with Crippen LogP contribution in [0.3, 0.4) is 0 Å². The standard InChI is InChI=1S/C24H32N4O4S/c1-32-23-8-6-22(7-9-23)26-12-14-27(15-13-26)24(29)21-5-3-4-20(18-21)19-25-10-16-28(17-11-25)33(2,30)31/h3-9,18H,10-17,19H2,1-2H3. The number of hydrogen-bond donors (Lipinski definition) is 0. The molecule has 2 aliphatic rings. The lowest BCUT2D eigenvalue weighted by molar-refractivity contribution is 0.0746. The maximum atomic E-state index is 13.1. The molecule has 8 nitrogen and oxygen atoms in total. The maximum absolute atomic E-state index is 13.1. The summed E-state index contributed by atoms with van der Waals surface area (Å²) < 4.78 is 30.2. The number of anilines is 1. The second kappa shape index (κ2) is 10.1. The monoisotopic (exact) mass is 472 g/mol. The SMILES string of the molecule is COc1ccc(N2CCN(C(=O)c3cccc(CN4CCN(S(C)(=O)=O)CC4)c3)CC2)cc1. The van der Waals surface area contributed by atoms with Gasteiger partial charge in [0, 0.05) is 70.2 Å². The summed E-state index contributed by atoms with van der Waals surface area (Å²) in [5.41, 5.74) is 2.92. The van der Waals surface area contributed by atoms with Crippen molar-refractivity contribution in [1.29, 1.82) is 0 Å². The molecule has 0 radical (unpaired) electrons. The molecular weight excluding hydrogens is 440 g/mol. The van der Waals surface area contributed by atoms with E-state index in [-0.39, 0.29) is 5.91 Å². The first-order chi connectivity index (χ1) is 15.8. The summed E-state index contributed by atoms with van der Waals surface area (Å²) in [5.74, 6) is 0.901. The molecule has 2 fully saturated rings. The van der Waals surface area contributed by atoms with E-state index in [0.717, 1.165) is 30.1 Å². The lowest BCUT2D eigenvalue weighted by Crippen LogP contribution is -2.49. The highest BCUT2D eigenvalue weighted by Gasteiger charge is 2.25. The largest absolute Gasteiger partial charge is 0.497 e. The lowest BCUT2D eigenvalue weighted by Gasteiger charge is -2.36. The number of ether oxygens (including phenoxy) is 1. The van der Waals surface area contributed by atoms with Crippen LogP contribution in [0.25, 0.3) is 0 Å². The molecule has 2 aromatic carbocycles. The van der Waals surface area contributed by atoms with Gasteiger partial charge in [0.2, 0.25) is 10.0 Å². The predicted octanol–water partition coefficient (Wildman–Crippen LogP) is 1.73. The third-order valence-corrected chi connectivity index (χ3v) is 7.69. The van der Waals surface area contributed by atoms with Gasteiger partial charge in [-0.15, -0.1) is 0 Å². The Balaban J connectivity index is 1.31. The third-order valence-electron chi connectivity index (χ3n) is 6.38. The van der Waals surface area contributed by atoms with Gasteiger partial charge in [-0.1, -0.05) is 12.1 Å². The molecule has 0 saturated carbocycles. The van der Waals surface area contributed by atoms with Crippen molar-refractivity contribution in [3.05, 3.63) is 59.7 Å². The molecule has 0 N–H and O–H groups in total. The first kappa shape index (κ1) is 23.5. The number of nitrogens with zero attached hydrogens (tertiary/aromatic N) is 4. The van der Waals surface area contributed by atoms with Crippen molar-refractivity contribution in [3.8, 4) is 5.75 Å². The highest BCUT2D eigenvalue weighted by Crippen LogP contribution is 2.21. The first-order valence-electron chi connectivity index (χ1n) is 11.3. The molecule has 2 aromatic rings. The minimum absolute atomic E-state index is 0.0631. The number of amides is 1. The van der Waals surface area contributed by atoms with E-state index in [2.05, 4.69) is 21.9 Å². The molecule has 9 heteroatoms. The second-order valence-corrected chi connectivity index (χ2v) is 10.6. The van der Waals surface area contributed by atoms with Crippen LogP contribution < -0.4 is 9.64 Å². The van der Waals surface area contributed by atoms with E-state index in [9.17, 15) is 13.2 Å². The molecule has 0 unspecified atom stereocenters. The van der Waals surface area contributed by atoms with E-state index >= 15 is 0 Å². The van der Waals surface area contributed by atoms with Gasteiger partial charge in [0.1, 0.15) is 5.75 Å². The van der Waals surface area contributed by atoms with Crippen molar-refractivity contribution >= 4 is 21.6 Å². The summed E-state index contributed by atoms with van der Waals surface area (Å²) >= 11 is 0. The smallest absolute Gasteiger partial charge is 0.253 e. The number of carbonyl (C=O) groups excluding carboxylic acids is 1. The number of rotatable bonds is 6. The van der Waals surface area contributed by atoms with Gasteiger partial charge in [-0.25, -0.2) is 8.42 Å². The van der Waals surface area contributed by atoms with Crippen LogP contribution in [0.5, 0.6) is 5.75 Å². The summed E-state index contributed by atoms with van der Waals surface area (Å²) in [5, 5.41) is 0. The van der Waals surface area contributed by atoms with Crippen molar-refractivity contribution in [2.75, 3.05) is 70.6 Å². The van der Waals surface area contributed by atoms with Crippen LogP contribution in [0.4, 0.5) is 5.69 Å². The van der Waals surface area contributed by atoms with Crippen molar-refractivity contribution in [3.63, 3.8) is 0 Å². The molecule has 2 saturated heterocycles. The molecule has 2 heterocycles. The summed E-state index contributed by atoms with van der Waals surface area (Å²) in [7, 11) is -1.47. The van der Waals surface area contributed by atoms with Crippen LogP contribution >= 0.6 is 0 Å². The molecule has 1 amide bonds. The van der Waals surface area contributed by atoms with E-state index in [0.29, 0.717) is 51.4 Å². The molecule has 0 aliphatic carbocycles. The maximum Gasteiger partial charge on any atom is 0.253 e. The minimum atomic E-state index is -3.13. The number of hydrogen-bond acceptors (Lipinski definition) is 6. The topological polar surface area (TPSA) is 73.4 Å². The summed E-state index contributed by atoms with van der Waals surface area (Å²) in [6.07, 6.45) is 1.26. The van der Waals surface area contributed by atoms with Gasteiger partial charge in [0.25, 0.3) is 5.91 Å². The molecule has 0 aromatic heterocycles. The molecule has 178 valence electrons. The Labute approximate surface area is 196 Å². The first-order valence-corrected chi connectivity index (χ1v) is 13.1. The van der Waals surface area contributed by atoms with Gasteiger partial charge in [-0.2, -0.15) is 4.31 Å². The van der Waals surface area contributed by atoms with Crippen LogP contribution in [0.15, 0.2) is 48.5 Å². The molecule has 4 rings (SSSR count). The van der Waals surface area contributed by atoms with Gasteiger partial charge in [0.15, 0.2) is 0 Å². The van der Waals surface area contributed by atoms with E-state index in [1.54, 1.807) is 7.11 Å². The Bertz CT molecular complexity index is 1060. The molecule has 0 atom stereocenters. The molecule has 2 aliphatic heterocycles. The summed E-state index contributed by atoms with van der Waals surface area (Å²) in [6, 6.07) is 15.8. The van der Waals surface area contributed by atoms with Gasteiger partial charge < -0.3 is 14.5 Å². The molecular formula is C24H32N4O4S. The fraction of sp³-hybridized carbons (Fsp3) is 0.458. The number of piperazine rings is 2. The van der Waals surface area contributed by atoms with Gasteiger partial charge in [0.05, 0.1) is 13.4 Å². The van der Waals surface area contributed by atoms with Crippen molar-refractivity contribution < 1.29 is 17.9 Å². The van der Waals surface area contributed by atoms with E-state index in [4.69, 9.17) is 4.74 Å². The predicted molar refractivity (Wildman–Crippen MR) is 129 cm³/mol. The fourth-order valence-corrected chi connectivity index (χ4v) is 5.25. The quantitative estimate of drug-likeness (QED) is 0.638. The highest BCUT2D eigenvalue weighted by molar-refractivity contribution is 7.88. The zero-order chi connectivity index (χ0) is 23.4. The average molecular weight is 473 g/mol. The summed E-state index contributed by atoms with van der Waals surface area (Å²) in [6.45, 7) is 6.07. The van der Waals surface area contributed by atoms with Crippen molar-refractivity contribution in [1.82, 2.24) is 14.1 Å².